The summed E-state index contributed by atoms with van der Waals surface area (Å²) in [7, 11) is 5.78. The number of rotatable bonds is 4. The van der Waals surface area contributed by atoms with Crippen molar-refractivity contribution in [1.29, 1.82) is 0 Å². The van der Waals surface area contributed by atoms with E-state index >= 15 is 0 Å². The van der Waals surface area contributed by atoms with Crippen LogP contribution in [-0.4, -0.2) is 39.7 Å². The van der Waals surface area contributed by atoms with Crippen molar-refractivity contribution in [3.8, 4) is 0 Å². The molecule has 0 spiro atoms. The third kappa shape index (κ3) is 2.82. The van der Waals surface area contributed by atoms with E-state index in [1.165, 1.54) is 6.20 Å². The Morgan fingerprint density at radius 1 is 1.37 bits per heavy atom. The SMILES string of the molecule is CN(C)c1ncc(/C=C/c2ncc(C(=O)O)s2)n1C. The van der Waals surface area contributed by atoms with Gasteiger partial charge in [-0.1, -0.05) is 0 Å². The van der Waals surface area contributed by atoms with Crippen molar-refractivity contribution >= 4 is 35.4 Å². The van der Waals surface area contributed by atoms with Crippen molar-refractivity contribution in [3.05, 3.63) is 28.0 Å². The zero-order valence-corrected chi connectivity index (χ0v) is 11.7. The van der Waals surface area contributed by atoms with Gasteiger partial charge in [0.2, 0.25) is 5.95 Å². The fourth-order valence-corrected chi connectivity index (χ4v) is 2.26. The van der Waals surface area contributed by atoms with E-state index in [0.717, 1.165) is 23.0 Å². The Labute approximate surface area is 114 Å². The first-order valence-corrected chi connectivity index (χ1v) is 6.37. The minimum Gasteiger partial charge on any atom is -0.477 e. The maximum Gasteiger partial charge on any atom is 0.347 e. The Bertz CT molecular complexity index is 627. The van der Waals surface area contributed by atoms with Crippen LogP contribution in [0.5, 0.6) is 0 Å². The fraction of sp³-hybridized carbons (Fsp3) is 0.250. The standard InChI is InChI=1S/C12H14N4O2S/c1-15(2)12-14-6-8(16(12)3)4-5-10-13-7-9(19-10)11(17)18/h4-7H,1-3H3,(H,17,18)/b5-4+. The minimum absolute atomic E-state index is 0.235. The molecule has 0 aliphatic rings. The predicted octanol–water partition coefficient (Wildman–Crippen LogP) is 1.81. The predicted molar refractivity (Wildman–Crippen MR) is 75.5 cm³/mol. The summed E-state index contributed by atoms with van der Waals surface area (Å²) < 4.78 is 1.95. The molecule has 100 valence electrons. The van der Waals surface area contributed by atoms with Gasteiger partial charge in [-0.15, -0.1) is 11.3 Å². The second kappa shape index (κ2) is 5.23. The summed E-state index contributed by atoms with van der Waals surface area (Å²) in [4.78, 5) is 21.2. The molecule has 2 aromatic rings. The van der Waals surface area contributed by atoms with Crippen molar-refractivity contribution in [2.45, 2.75) is 0 Å². The monoisotopic (exact) mass is 278 g/mol. The number of carboxylic acids is 1. The number of thiazole rings is 1. The molecule has 0 fully saturated rings. The van der Waals surface area contributed by atoms with Crippen LogP contribution in [0, 0.1) is 0 Å². The van der Waals surface area contributed by atoms with Crippen molar-refractivity contribution in [3.63, 3.8) is 0 Å². The molecule has 0 aliphatic carbocycles. The van der Waals surface area contributed by atoms with E-state index in [-0.39, 0.29) is 4.88 Å². The van der Waals surface area contributed by atoms with Crippen LogP contribution in [0.3, 0.4) is 0 Å². The van der Waals surface area contributed by atoms with Gasteiger partial charge in [0.15, 0.2) is 0 Å². The molecule has 0 amide bonds. The number of anilines is 1. The van der Waals surface area contributed by atoms with E-state index < -0.39 is 5.97 Å². The Kier molecular flexibility index (Phi) is 3.66. The number of aromatic nitrogens is 3. The Morgan fingerprint density at radius 2 is 2.11 bits per heavy atom. The van der Waals surface area contributed by atoms with Crippen LogP contribution in [0.25, 0.3) is 12.2 Å². The molecule has 2 aromatic heterocycles. The van der Waals surface area contributed by atoms with E-state index in [0.29, 0.717) is 5.01 Å². The molecule has 0 atom stereocenters. The van der Waals surface area contributed by atoms with Gasteiger partial charge in [0.25, 0.3) is 0 Å². The molecule has 2 heterocycles. The van der Waals surface area contributed by atoms with Gasteiger partial charge in [0.05, 0.1) is 18.1 Å². The highest BCUT2D eigenvalue weighted by atomic mass is 32.1. The number of nitrogens with zero attached hydrogens (tertiary/aromatic N) is 4. The molecular weight excluding hydrogens is 264 g/mol. The van der Waals surface area contributed by atoms with Crippen LogP contribution >= 0.6 is 11.3 Å². The van der Waals surface area contributed by atoms with Crippen molar-refractivity contribution in [1.82, 2.24) is 14.5 Å². The van der Waals surface area contributed by atoms with Gasteiger partial charge in [0.1, 0.15) is 9.88 Å². The summed E-state index contributed by atoms with van der Waals surface area (Å²) in [5.41, 5.74) is 0.927. The van der Waals surface area contributed by atoms with Crippen LogP contribution in [0.15, 0.2) is 12.4 Å². The van der Waals surface area contributed by atoms with Crippen molar-refractivity contribution in [2.75, 3.05) is 19.0 Å². The Morgan fingerprint density at radius 3 is 2.63 bits per heavy atom. The molecule has 0 unspecified atom stereocenters. The average molecular weight is 278 g/mol. The first kappa shape index (κ1) is 13.3. The molecular formula is C12H14N4O2S. The zero-order chi connectivity index (χ0) is 14.0. The molecule has 7 heteroatoms. The third-order valence-electron chi connectivity index (χ3n) is 2.53. The highest BCUT2D eigenvalue weighted by molar-refractivity contribution is 7.14. The lowest BCUT2D eigenvalue weighted by atomic mass is 10.4. The highest BCUT2D eigenvalue weighted by Crippen LogP contribution is 2.17. The van der Waals surface area contributed by atoms with Crippen LogP contribution in [0.1, 0.15) is 20.4 Å². The summed E-state index contributed by atoms with van der Waals surface area (Å²) in [6.45, 7) is 0. The topological polar surface area (TPSA) is 71.2 Å². The smallest absolute Gasteiger partial charge is 0.347 e. The van der Waals surface area contributed by atoms with Gasteiger partial charge in [-0.05, 0) is 12.2 Å². The molecule has 0 aliphatic heterocycles. The van der Waals surface area contributed by atoms with Gasteiger partial charge in [-0.3, -0.25) is 0 Å². The lowest BCUT2D eigenvalue weighted by Crippen LogP contribution is -2.14. The lowest BCUT2D eigenvalue weighted by molar-refractivity contribution is 0.0702. The molecule has 19 heavy (non-hydrogen) atoms. The summed E-state index contributed by atoms with van der Waals surface area (Å²) in [5.74, 6) is -0.0995. The summed E-state index contributed by atoms with van der Waals surface area (Å²) in [6, 6.07) is 0. The van der Waals surface area contributed by atoms with Gasteiger partial charge >= 0.3 is 5.97 Å². The van der Waals surface area contributed by atoms with Gasteiger partial charge in [0, 0.05) is 21.1 Å². The third-order valence-corrected chi connectivity index (χ3v) is 3.48. The number of carboxylic acid groups (broad SMARTS) is 1. The number of hydrogen-bond acceptors (Lipinski definition) is 5. The minimum atomic E-state index is -0.951. The summed E-state index contributed by atoms with van der Waals surface area (Å²) >= 11 is 1.14. The van der Waals surface area contributed by atoms with E-state index in [1.807, 2.05) is 36.7 Å². The molecule has 0 radical (unpaired) electrons. The first-order chi connectivity index (χ1) is 8.99. The largest absolute Gasteiger partial charge is 0.477 e. The highest BCUT2D eigenvalue weighted by Gasteiger charge is 2.08. The Balaban J connectivity index is 2.20. The second-order valence-electron chi connectivity index (χ2n) is 4.14. The van der Waals surface area contributed by atoms with Crippen LogP contribution < -0.4 is 4.90 Å². The Hall–Kier alpha value is -2.15. The van der Waals surface area contributed by atoms with E-state index in [9.17, 15) is 4.79 Å². The molecule has 0 saturated heterocycles. The lowest BCUT2D eigenvalue weighted by Gasteiger charge is -2.11. The zero-order valence-electron chi connectivity index (χ0n) is 10.9. The maximum atomic E-state index is 10.7. The van der Waals surface area contributed by atoms with Gasteiger partial charge < -0.3 is 14.6 Å². The number of carbonyl (C=O) groups is 1. The molecule has 1 N–H and O–H groups in total. The van der Waals surface area contributed by atoms with Crippen LogP contribution in [0.2, 0.25) is 0 Å². The molecule has 0 bridgehead atoms. The van der Waals surface area contributed by atoms with Gasteiger partial charge in [-0.25, -0.2) is 14.8 Å². The van der Waals surface area contributed by atoms with Crippen molar-refractivity contribution < 1.29 is 9.90 Å². The van der Waals surface area contributed by atoms with Crippen molar-refractivity contribution in [2.24, 2.45) is 7.05 Å². The summed E-state index contributed by atoms with van der Waals surface area (Å²) in [6.07, 6.45) is 6.77. The second-order valence-corrected chi connectivity index (χ2v) is 5.20. The van der Waals surface area contributed by atoms with Crippen LogP contribution in [0.4, 0.5) is 5.95 Å². The normalized spacial score (nSPS) is 11.1. The van der Waals surface area contributed by atoms with E-state index in [2.05, 4.69) is 9.97 Å². The van der Waals surface area contributed by atoms with E-state index in [1.54, 1.807) is 12.3 Å². The molecule has 0 aromatic carbocycles. The molecule has 2 rings (SSSR count). The average Bonchev–Trinajstić information content (AvgIpc) is 2.93. The molecule has 0 saturated carbocycles. The summed E-state index contributed by atoms with van der Waals surface area (Å²) in [5, 5.41) is 9.48. The van der Waals surface area contributed by atoms with E-state index in [4.69, 9.17) is 5.11 Å². The van der Waals surface area contributed by atoms with Gasteiger partial charge in [-0.2, -0.15) is 0 Å². The quantitative estimate of drug-likeness (QED) is 0.923. The maximum absolute atomic E-state index is 10.7. The van der Waals surface area contributed by atoms with Crippen LogP contribution in [-0.2, 0) is 7.05 Å². The number of aromatic carboxylic acids is 1. The molecule has 6 nitrogen and oxygen atoms in total. The fourth-order valence-electron chi connectivity index (χ4n) is 1.60. The number of hydrogen-bond donors (Lipinski definition) is 1. The number of imidazole rings is 1. The first-order valence-electron chi connectivity index (χ1n) is 5.55.